The van der Waals surface area contributed by atoms with Crippen LogP contribution in [-0.4, -0.2) is 10.0 Å². The quantitative estimate of drug-likeness (QED) is 0.376. The summed E-state index contributed by atoms with van der Waals surface area (Å²) in [5.41, 5.74) is 0.597. The molecule has 0 aromatic heterocycles. The normalized spacial score (nSPS) is 11.4. The van der Waals surface area contributed by atoms with E-state index in [0.717, 1.165) is 19.3 Å². The second-order valence-corrected chi connectivity index (χ2v) is 3.68. The summed E-state index contributed by atoms with van der Waals surface area (Å²) >= 11 is 0. The number of aliphatic hydroxyl groups is 1. The minimum atomic E-state index is -0.868. The van der Waals surface area contributed by atoms with Crippen molar-refractivity contribution in [2.24, 2.45) is 0 Å². The molecule has 1 rings (SSSR count). The summed E-state index contributed by atoms with van der Waals surface area (Å²) in [6.45, 7) is 2.08. The molecule has 17 heavy (non-hydrogen) atoms. The van der Waals surface area contributed by atoms with Gasteiger partial charge in [0.2, 0.25) is 0 Å². The first-order valence-electron chi connectivity index (χ1n) is 5.56. The molecule has 0 saturated heterocycles. The molecule has 0 fully saturated rings. The van der Waals surface area contributed by atoms with Gasteiger partial charge in [0.25, 0.3) is 5.69 Å². The van der Waals surface area contributed by atoms with Crippen molar-refractivity contribution in [2.45, 2.75) is 32.3 Å². The molecular formula is C13H15NO3. The molecule has 1 aromatic carbocycles. The summed E-state index contributed by atoms with van der Waals surface area (Å²) in [4.78, 5) is 9.97. The van der Waals surface area contributed by atoms with Gasteiger partial charge in [0, 0.05) is 18.6 Å². The van der Waals surface area contributed by atoms with E-state index in [1.54, 1.807) is 0 Å². The minimum Gasteiger partial charge on any atom is -0.376 e. The maximum atomic E-state index is 10.4. The Morgan fingerprint density at radius 1 is 1.41 bits per heavy atom. The van der Waals surface area contributed by atoms with E-state index in [1.165, 1.54) is 24.3 Å². The van der Waals surface area contributed by atoms with E-state index in [1.807, 2.05) is 0 Å². The first kappa shape index (κ1) is 13.2. The van der Waals surface area contributed by atoms with Crippen molar-refractivity contribution >= 4 is 5.69 Å². The highest BCUT2D eigenvalue weighted by atomic mass is 16.6. The van der Waals surface area contributed by atoms with E-state index < -0.39 is 11.0 Å². The predicted octanol–water partition coefficient (Wildman–Crippen LogP) is 2.82. The van der Waals surface area contributed by atoms with Crippen molar-refractivity contribution < 1.29 is 10.0 Å². The molecular weight excluding hydrogens is 218 g/mol. The van der Waals surface area contributed by atoms with E-state index in [9.17, 15) is 15.2 Å². The van der Waals surface area contributed by atoms with Crippen molar-refractivity contribution in [2.75, 3.05) is 0 Å². The van der Waals surface area contributed by atoms with Gasteiger partial charge >= 0.3 is 0 Å². The lowest BCUT2D eigenvalue weighted by molar-refractivity contribution is -0.384. The number of hydrogen-bond donors (Lipinski definition) is 1. The Bertz CT molecular complexity index is 428. The molecule has 0 heterocycles. The summed E-state index contributed by atoms with van der Waals surface area (Å²) in [6.07, 6.45) is 1.98. The van der Waals surface area contributed by atoms with Crippen LogP contribution in [0.3, 0.4) is 0 Å². The number of nitro groups is 1. The van der Waals surface area contributed by atoms with Crippen molar-refractivity contribution in [1.82, 2.24) is 0 Å². The van der Waals surface area contributed by atoms with Crippen molar-refractivity contribution in [1.29, 1.82) is 0 Å². The van der Waals surface area contributed by atoms with E-state index in [0.29, 0.717) is 5.56 Å². The van der Waals surface area contributed by atoms with Crippen LogP contribution in [0.1, 0.15) is 37.9 Å². The van der Waals surface area contributed by atoms with Gasteiger partial charge in [-0.15, -0.1) is 5.92 Å². The van der Waals surface area contributed by atoms with Crippen LogP contribution in [0.4, 0.5) is 5.69 Å². The standard InChI is InChI=1S/C13H15NO3/c1-2-3-4-5-6-13(15)11-7-9-12(10-8-11)14(16)17/h7-10,13,15H,2-4H2,1H3. The first-order chi connectivity index (χ1) is 8.15. The fourth-order valence-corrected chi connectivity index (χ4v) is 1.30. The zero-order valence-corrected chi connectivity index (χ0v) is 9.72. The van der Waals surface area contributed by atoms with Gasteiger partial charge < -0.3 is 5.11 Å². The van der Waals surface area contributed by atoms with E-state index in [-0.39, 0.29) is 5.69 Å². The number of hydrogen-bond acceptors (Lipinski definition) is 3. The number of unbranched alkanes of at least 4 members (excludes halogenated alkanes) is 2. The van der Waals surface area contributed by atoms with E-state index in [4.69, 9.17) is 0 Å². The SMILES string of the molecule is CCCCC#CC(O)c1ccc([N+](=O)[O-])cc1. The Hall–Kier alpha value is -1.86. The number of aliphatic hydroxyl groups excluding tert-OH is 1. The van der Waals surface area contributed by atoms with Gasteiger partial charge in [-0.3, -0.25) is 10.1 Å². The largest absolute Gasteiger partial charge is 0.376 e. The third kappa shape index (κ3) is 4.25. The predicted molar refractivity (Wildman–Crippen MR) is 65.4 cm³/mol. The third-order valence-electron chi connectivity index (χ3n) is 2.31. The summed E-state index contributed by atoms with van der Waals surface area (Å²) in [6, 6.07) is 5.78. The molecule has 0 aliphatic heterocycles. The number of nitro benzene ring substituents is 1. The Labute approximate surface area is 100 Å². The molecule has 4 nitrogen and oxygen atoms in total. The van der Waals surface area contributed by atoms with Crippen molar-refractivity contribution in [3.63, 3.8) is 0 Å². The first-order valence-corrected chi connectivity index (χ1v) is 5.56. The summed E-state index contributed by atoms with van der Waals surface area (Å²) < 4.78 is 0. The van der Waals surface area contributed by atoms with Gasteiger partial charge in [-0.1, -0.05) is 19.3 Å². The molecule has 0 aliphatic rings. The zero-order valence-electron chi connectivity index (χ0n) is 9.72. The van der Waals surface area contributed by atoms with Gasteiger partial charge in [-0.25, -0.2) is 0 Å². The Balaban J connectivity index is 2.65. The zero-order chi connectivity index (χ0) is 12.7. The average molecular weight is 233 g/mol. The van der Waals surface area contributed by atoms with E-state index >= 15 is 0 Å². The smallest absolute Gasteiger partial charge is 0.269 e. The van der Waals surface area contributed by atoms with Gasteiger partial charge in [0.1, 0.15) is 6.10 Å². The molecule has 0 bridgehead atoms. The molecule has 4 heteroatoms. The van der Waals surface area contributed by atoms with Crippen LogP contribution in [0.2, 0.25) is 0 Å². The molecule has 0 saturated carbocycles. The minimum absolute atomic E-state index is 0.0138. The maximum absolute atomic E-state index is 10.4. The van der Waals surface area contributed by atoms with Crippen LogP contribution < -0.4 is 0 Å². The highest BCUT2D eigenvalue weighted by molar-refractivity contribution is 5.35. The van der Waals surface area contributed by atoms with Crippen LogP contribution in [-0.2, 0) is 0 Å². The highest BCUT2D eigenvalue weighted by Crippen LogP contribution is 2.17. The van der Waals surface area contributed by atoms with Crippen LogP contribution in [0.25, 0.3) is 0 Å². The van der Waals surface area contributed by atoms with Gasteiger partial charge in [-0.05, 0) is 24.1 Å². The summed E-state index contributed by atoms with van der Waals surface area (Å²) in [7, 11) is 0. The fraction of sp³-hybridized carbons (Fsp3) is 0.385. The number of non-ortho nitro benzene ring substituents is 1. The average Bonchev–Trinajstić information content (AvgIpc) is 2.34. The Kier molecular flexibility index (Phi) is 5.18. The molecule has 1 aromatic rings. The molecule has 0 spiro atoms. The molecule has 90 valence electrons. The molecule has 0 aliphatic carbocycles. The third-order valence-corrected chi connectivity index (χ3v) is 2.31. The topological polar surface area (TPSA) is 63.4 Å². The monoisotopic (exact) mass is 233 g/mol. The van der Waals surface area contributed by atoms with Gasteiger partial charge in [0.05, 0.1) is 4.92 Å². The molecule has 0 radical (unpaired) electrons. The maximum Gasteiger partial charge on any atom is 0.269 e. The second-order valence-electron chi connectivity index (χ2n) is 3.68. The van der Waals surface area contributed by atoms with Gasteiger partial charge in [0.15, 0.2) is 0 Å². The van der Waals surface area contributed by atoms with Crippen LogP contribution in [0.15, 0.2) is 24.3 Å². The van der Waals surface area contributed by atoms with Crippen LogP contribution in [0.5, 0.6) is 0 Å². The molecule has 1 N–H and O–H groups in total. The summed E-state index contributed by atoms with van der Waals surface area (Å²) in [5.74, 6) is 5.61. The number of rotatable bonds is 4. The molecule has 1 atom stereocenters. The van der Waals surface area contributed by atoms with Crippen LogP contribution in [0, 0.1) is 22.0 Å². The van der Waals surface area contributed by atoms with Gasteiger partial charge in [-0.2, -0.15) is 0 Å². The van der Waals surface area contributed by atoms with Crippen molar-refractivity contribution in [3.8, 4) is 11.8 Å². The summed E-state index contributed by atoms with van der Waals surface area (Å²) in [5, 5.41) is 20.1. The highest BCUT2D eigenvalue weighted by Gasteiger charge is 2.07. The molecule has 1 unspecified atom stereocenters. The fourth-order valence-electron chi connectivity index (χ4n) is 1.30. The lowest BCUT2D eigenvalue weighted by Crippen LogP contribution is -1.94. The lowest BCUT2D eigenvalue weighted by atomic mass is 10.1. The van der Waals surface area contributed by atoms with E-state index in [2.05, 4.69) is 18.8 Å². The van der Waals surface area contributed by atoms with Crippen molar-refractivity contribution in [3.05, 3.63) is 39.9 Å². The number of nitrogens with zero attached hydrogens (tertiary/aromatic N) is 1. The lowest BCUT2D eigenvalue weighted by Gasteiger charge is -2.02. The number of benzene rings is 1. The van der Waals surface area contributed by atoms with Crippen LogP contribution >= 0.6 is 0 Å². The Morgan fingerprint density at radius 3 is 2.59 bits per heavy atom. The second kappa shape index (κ2) is 6.66. The Morgan fingerprint density at radius 2 is 2.06 bits per heavy atom. The molecule has 0 amide bonds.